The summed E-state index contributed by atoms with van der Waals surface area (Å²) in [6.07, 6.45) is 3.43. The van der Waals surface area contributed by atoms with Gasteiger partial charge in [-0.3, -0.25) is 4.79 Å². The third kappa shape index (κ3) is 4.48. The minimum Gasteiger partial charge on any atom is -0.370 e. The van der Waals surface area contributed by atoms with Crippen molar-refractivity contribution in [1.82, 2.24) is 4.31 Å². The van der Waals surface area contributed by atoms with Crippen molar-refractivity contribution in [2.75, 3.05) is 37.4 Å². The average Bonchev–Trinajstić information content (AvgIpc) is 2.68. The number of hydrogen-bond acceptors (Lipinski definition) is 4. The molecular weight excluding hydrogens is 398 g/mol. The van der Waals surface area contributed by atoms with E-state index in [4.69, 9.17) is 11.6 Å². The van der Waals surface area contributed by atoms with E-state index >= 15 is 0 Å². The van der Waals surface area contributed by atoms with Gasteiger partial charge in [0.15, 0.2) is 0 Å². The molecule has 0 spiro atoms. The van der Waals surface area contributed by atoms with Gasteiger partial charge in [-0.15, -0.1) is 0 Å². The lowest BCUT2D eigenvalue weighted by Crippen LogP contribution is -2.30. The van der Waals surface area contributed by atoms with E-state index in [-0.39, 0.29) is 16.4 Å². The molecule has 1 fully saturated rings. The van der Waals surface area contributed by atoms with Crippen molar-refractivity contribution in [3.63, 3.8) is 0 Å². The SMILES string of the molecule is CN(C)S(=O)(=O)c1cccc(C(=O)Nc2cc(Cl)ccc2N2CCCCC2)c1. The van der Waals surface area contributed by atoms with E-state index in [0.29, 0.717) is 10.7 Å². The maximum atomic E-state index is 12.8. The number of nitrogens with one attached hydrogen (secondary N) is 1. The highest BCUT2D eigenvalue weighted by Gasteiger charge is 2.20. The highest BCUT2D eigenvalue weighted by molar-refractivity contribution is 7.89. The zero-order chi connectivity index (χ0) is 20.3. The highest BCUT2D eigenvalue weighted by Crippen LogP contribution is 2.31. The Kier molecular flexibility index (Phi) is 6.27. The normalized spacial score (nSPS) is 14.9. The molecule has 6 nitrogen and oxygen atoms in total. The quantitative estimate of drug-likeness (QED) is 0.796. The van der Waals surface area contributed by atoms with Crippen molar-refractivity contribution >= 4 is 38.9 Å². The molecule has 0 radical (unpaired) electrons. The zero-order valence-corrected chi connectivity index (χ0v) is 17.6. The number of carbonyl (C=O) groups excluding carboxylic acids is 1. The summed E-state index contributed by atoms with van der Waals surface area (Å²) in [4.78, 5) is 15.1. The molecule has 0 aromatic heterocycles. The molecule has 0 saturated carbocycles. The molecule has 1 aliphatic rings. The molecule has 1 saturated heterocycles. The molecule has 1 N–H and O–H groups in total. The Hall–Kier alpha value is -2.09. The molecule has 3 rings (SSSR count). The Bertz CT molecular complexity index is 970. The van der Waals surface area contributed by atoms with Gasteiger partial charge < -0.3 is 10.2 Å². The number of sulfonamides is 1. The van der Waals surface area contributed by atoms with Crippen molar-refractivity contribution in [3.05, 3.63) is 53.1 Å². The fourth-order valence-electron chi connectivity index (χ4n) is 3.22. The van der Waals surface area contributed by atoms with E-state index in [1.807, 2.05) is 12.1 Å². The molecule has 8 heteroatoms. The van der Waals surface area contributed by atoms with Crippen molar-refractivity contribution in [3.8, 4) is 0 Å². The zero-order valence-electron chi connectivity index (χ0n) is 16.0. The largest absolute Gasteiger partial charge is 0.370 e. The lowest BCUT2D eigenvalue weighted by Gasteiger charge is -2.30. The average molecular weight is 422 g/mol. The number of amides is 1. The first-order valence-electron chi connectivity index (χ1n) is 9.17. The van der Waals surface area contributed by atoms with Crippen LogP contribution in [0.3, 0.4) is 0 Å². The monoisotopic (exact) mass is 421 g/mol. The molecule has 1 heterocycles. The van der Waals surface area contributed by atoms with Gasteiger partial charge in [0.05, 0.1) is 16.3 Å². The van der Waals surface area contributed by atoms with Crippen LogP contribution in [0.4, 0.5) is 11.4 Å². The van der Waals surface area contributed by atoms with Gasteiger partial charge in [-0.05, 0) is 55.7 Å². The fourth-order valence-corrected chi connectivity index (χ4v) is 4.34. The Morgan fingerprint density at radius 2 is 1.79 bits per heavy atom. The van der Waals surface area contributed by atoms with Crippen LogP contribution in [0.5, 0.6) is 0 Å². The van der Waals surface area contributed by atoms with Crippen LogP contribution < -0.4 is 10.2 Å². The van der Waals surface area contributed by atoms with Gasteiger partial charge in [-0.25, -0.2) is 12.7 Å². The first kappa shape index (κ1) is 20.6. The number of rotatable bonds is 5. The number of anilines is 2. The second-order valence-electron chi connectivity index (χ2n) is 6.98. The van der Waals surface area contributed by atoms with Crippen LogP contribution in [0.25, 0.3) is 0 Å². The molecule has 0 atom stereocenters. The molecule has 150 valence electrons. The molecule has 2 aromatic rings. The number of nitrogens with zero attached hydrogens (tertiary/aromatic N) is 2. The fraction of sp³-hybridized carbons (Fsp3) is 0.350. The van der Waals surface area contributed by atoms with E-state index in [0.717, 1.165) is 35.9 Å². The van der Waals surface area contributed by atoms with Gasteiger partial charge in [0, 0.05) is 37.8 Å². The minimum absolute atomic E-state index is 0.0764. The number of benzene rings is 2. The van der Waals surface area contributed by atoms with Crippen LogP contribution in [-0.4, -0.2) is 45.8 Å². The minimum atomic E-state index is -3.61. The molecule has 0 unspecified atom stereocenters. The lowest BCUT2D eigenvalue weighted by molar-refractivity contribution is 0.102. The van der Waals surface area contributed by atoms with Gasteiger partial charge >= 0.3 is 0 Å². The van der Waals surface area contributed by atoms with Gasteiger partial charge in [-0.1, -0.05) is 17.7 Å². The van der Waals surface area contributed by atoms with Crippen molar-refractivity contribution < 1.29 is 13.2 Å². The predicted octanol–water partition coefficient (Wildman–Crippen LogP) is 3.83. The van der Waals surface area contributed by atoms with Gasteiger partial charge in [0.1, 0.15) is 0 Å². The summed E-state index contributed by atoms with van der Waals surface area (Å²) in [5, 5.41) is 3.43. The van der Waals surface area contributed by atoms with Crippen LogP contribution >= 0.6 is 11.6 Å². The molecule has 1 amide bonds. The number of carbonyl (C=O) groups is 1. The number of piperidine rings is 1. The topological polar surface area (TPSA) is 69.7 Å². The molecule has 1 aliphatic heterocycles. The second kappa shape index (κ2) is 8.51. The lowest BCUT2D eigenvalue weighted by atomic mass is 10.1. The van der Waals surface area contributed by atoms with Crippen molar-refractivity contribution in [2.24, 2.45) is 0 Å². The summed E-state index contributed by atoms with van der Waals surface area (Å²) in [5.74, 6) is -0.378. The Labute approximate surface area is 171 Å². The molecular formula is C20H24ClN3O3S. The maximum absolute atomic E-state index is 12.8. The van der Waals surface area contributed by atoms with E-state index in [1.165, 1.54) is 32.6 Å². The summed E-state index contributed by atoms with van der Waals surface area (Å²) in [7, 11) is -0.699. The van der Waals surface area contributed by atoms with Gasteiger partial charge in [0.25, 0.3) is 5.91 Å². The Morgan fingerprint density at radius 3 is 2.46 bits per heavy atom. The standard InChI is InChI=1S/C20H24ClN3O3S/c1-23(2)28(26,27)17-8-6-7-15(13-17)20(25)22-18-14-16(21)9-10-19(18)24-11-4-3-5-12-24/h6-10,13-14H,3-5,11-12H2,1-2H3,(H,22,25). The molecule has 2 aromatic carbocycles. The maximum Gasteiger partial charge on any atom is 0.255 e. The highest BCUT2D eigenvalue weighted by atomic mass is 35.5. The van der Waals surface area contributed by atoms with E-state index in [9.17, 15) is 13.2 Å². The predicted molar refractivity (Wildman–Crippen MR) is 113 cm³/mol. The third-order valence-corrected chi connectivity index (χ3v) is 6.82. The summed E-state index contributed by atoms with van der Waals surface area (Å²) in [6.45, 7) is 1.86. The first-order chi connectivity index (χ1) is 13.3. The first-order valence-corrected chi connectivity index (χ1v) is 11.0. The molecule has 0 aliphatic carbocycles. The molecule has 28 heavy (non-hydrogen) atoms. The molecule has 0 bridgehead atoms. The summed E-state index contributed by atoms with van der Waals surface area (Å²) >= 11 is 6.15. The van der Waals surface area contributed by atoms with E-state index in [2.05, 4.69) is 10.2 Å². The Balaban J connectivity index is 1.89. The van der Waals surface area contributed by atoms with Crippen LogP contribution in [0.1, 0.15) is 29.6 Å². The van der Waals surface area contributed by atoms with Crippen molar-refractivity contribution in [2.45, 2.75) is 24.2 Å². The smallest absolute Gasteiger partial charge is 0.255 e. The van der Waals surface area contributed by atoms with E-state index < -0.39 is 10.0 Å². The van der Waals surface area contributed by atoms with Gasteiger partial charge in [0.2, 0.25) is 10.0 Å². The third-order valence-electron chi connectivity index (χ3n) is 4.78. The van der Waals surface area contributed by atoms with Gasteiger partial charge in [-0.2, -0.15) is 0 Å². The van der Waals surface area contributed by atoms with Crippen LogP contribution in [0.2, 0.25) is 5.02 Å². The number of halogens is 1. The Morgan fingerprint density at radius 1 is 1.07 bits per heavy atom. The summed E-state index contributed by atoms with van der Waals surface area (Å²) in [6, 6.07) is 11.5. The van der Waals surface area contributed by atoms with Crippen LogP contribution in [0.15, 0.2) is 47.4 Å². The number of hydrogen-bond donors (Lipinski definition) is 1. The second-order valence-corrected chi connectivity index (χ2v) is 9.57. The van der Waals surface area contributed by atoms with Crippen LogP contribution in [-0.2, 0) is 10.0 Å². The van der Waals surface area contributed by atoms with Crippen LogP contribution in [0, 0.1) is 0 Å². The summed E-state index contributed by atoms with van der Waals surface area (Å²) < 4.78 is 25.8. The van der Waals surface area contributed by atoms with Crippen molar-refractivity contribution in [1.29, 1.82) is 0 Å². The summed E-state index contributed by atoms with van der Waals surface area (Å²) in [5.41, 5.74) is 1.82. The van der Waals surface area contributed by atoms with E-state index in [1.54, 1.807) is 18.2 Å².